The summed E-state index contributed by atoms with van der Waals surface area (Å²) in [4.78, 5) is 82.7. The van der Waals surface area contributed by atoms with E-state index in [1.165, 1.54) is 31.4 Å². The lowest BCUT2D eigenvalue weighted by atomic mass is 9.72. The largest absolute Gasteiger partial charge is 0.416 e. The number of hydrogen-bond donors (Lipinski definition) is 0. The summed E-state index contributed by atoms with van der Waals surface area (Å²) in [5.41, 5.74) is 7.56. The lowest BCUT2D eigenvalue weighted by Crippen LogP contribution is -2.41. The number of amides is 4. The van der Waals surface area contributed by atoms with Crippen LogP contribution in [0.1, 0.15) is 222 Å². The topological polar surface area (TPSA) is 196 Å². The Morgan fingerprint density at radius 3 is 0.929 bits per heavy atom. The van der Waals surface area contributed by atoms with Crippen LogP contribution in [-0.2, 0) is 65.0 Å². The molecule has 17 rings (SSSR count). The van der Waals surface area contributed by atoms with Gasteiger partial charge >= 0.3 is 18.5 Å². The van der Waals surface area contributed by atoms with Crippen molar-refractivity contribution in [2.45, 2.75) is 197 Å². The molecule has 0 atom stereocenters. The highest BCUT2D eigenvalue weighted by Crippen LogP contribution is 2.45. The van der Waals surface area contributed by atoms with Gasteiger partial charge in [-0.2, -0.15) is 59.9 Å². The smallest absolute Gasteiger partial charge is 0.378 e. The maximum absolute atomic E-state index is 13.9. The summed E-state index contributed by atoms with van der Waals surface area (Å²) in [5, 5.41) is 22.3. The van der Waals surface area contributed by atoms with Crippen molar-refractivity contribution in [3.63, 3.8) is 0 Å². The van der Waals surface area contributed by atoms with Gasteiger partial charge in [-0.05, 0) is 251 Å². The van der Waals surface area contributed by atoms with Crippen molar-refractivity contribution in [3.8, 4) is 0 Å². The van der Waals surface area contributed by atoms with Crippen molar-refractivity contribution >= 4 is 172 Å². The third kappa shape index (κ3) is 23.4. The van der Waals surface area contributed by atoms with Crippen LogP contribution in [0, 0.1) is 79.1 Å². The monoisotopic (exact) mass is 2100 g/mol. The van der Waals surface area contributed by atoms with Gasteiger partial charge < -0.3 is 33.9 Å². The van der Waals surface area contributed by atoms with E-state index in [9.17, 15) is 77.1 Å². The molecule has 12 aromatic rings. The Hall–Kier alpha value is -9.63. The number of benzene rings is 8. The van der Waals surface area contributed by atoms with Gasteiger partial charge in [-0.1, -0.05) is 112 Å². The quantitative estimate of drug-likeness (QED) is 0.0741. The number of likely N-dealkylation sites (tertiary alicyclic amines) is 3. The number of morpholine rings is 1. The molecule has 0 bridgehead atoms. The first-order valence-corrected chi connectivity index (χ1v) is 49.0. The number of piperidine rings is 3. The molecule has 8 aromatic carbocycles. The van der Waals surface area contributed by atoms with Gasteiger partial charge in [-0.25, -0.2) is 8.78 Å². The van der Waals surface area contributed by atoms with E-state index >= 15 is 0 Å². The van der Waals surface area contributed by atoms with Gasteiger partial charge in [0.05, 0.1) is 132 Å². The average molecular weight is 2100 g/mol. The highest BCUT2D eigenvalue weighted by molar-refractivity contribution is 6.40. The number of alkyl halides is 11. The van der Waals surface area contributed by atoms with Crippen molar-refractivity contribution in [1.29, 1.82) is 0 Å². The lowest BCUT2D eigenvalue weighted by molar-refractivity contribution is -0.138. The molecule has 5 fully saturated rings. The van der Waals surface area contributed by atoms with Gasteiger partial charge in [0.25, 0.3) is 29.6 Å². The first kappa shape index (κ1) is 106. The van der Waals surface area contributed by atoms with Gasteiger partial charge in [0, 0.05) is 153 Å². The van der Waals surface area contributed by atoms with Crippen LogP contribution in [0.5, 0.6) is 0 Å². The number of carbonyl (C=O) groups is 6. The van der Waals surface area contributed by atoms with Crippen LogP contribution in [-0.4, -0.2) is 159 Å². The molecule has 0 radical (unpaired) electrons. The van der Waals surface area contributed by atoms with Gasteiger partial charge in [0.1, 0.15) is 11.6 Å². The van der Waals surface area contributed by atoms with Gasteiger partial charge in [-0.3, -0.25) is 37.9 Å². The fourth-order valence-electron chi connectivity index (χ4n) is 19.3. The first-order valence-electron chi connectivity index (χ1n) is 46.0. The van der Waals surface area contributed by atoms with Crippen molar-refractivity contribution in [1.82, 2.24) is 58.7 Å². The maximum Gasteiger partial charge on any atom is 0.416 e. The Kier molecular flexibility index (Phi) is 32.7. The number of Topliss-reactive ketones (excluding diaryl/α,β-unsaturated/α-hetero) is 2. The molecule has 5 aliphatic rings. The Bertz CT molecular complexity index is 6790. The predicted molar refractivity (Wildman–Crippen MR) is 524 cm³/mol. The Balaban J connectivity index is 0.000000149. The van der Waals surface area contributed by atoms with E-state index in [1.807, 2.05) is 11.8 Å². The number of halogens is 19. The first-order chi connectivity index (χ1) is 65.8. The van der Waals surface area contributed by atoms with Crippen LogP contribution in [0.4, 0.5) is 48.3 Å². The number of aromatic nitrogens is 8. The second-order valence-electron chi connectivity index (χ2n) is 37.2. The molecule has 4 aromatic heterocycles. The minimum absolute atomic E-state index is 0.0562. The fourth-order valence-corrected chi connectivity index (χ4v) is 21.6. The second kappa shape index (κ2) is 43.1. The summed E-state index contributed by atoms with van der Waals surface area (Å²) in [6, 6.07) is 22.5. The zero-order valence-corrected chi connectivity index (χ0v) is 84.7. The summed E-state index contributed by atoms with van der Waals surface area (Å²) < 4.78 is 160. The summed E-state index contributed by atoms with van der Waals surface area (Å²) >= 11 is 52.6. The standard InChI is InChI=1S/C27H28Cl2F3N3O.2C26H26Cl2F3N3O2.C23H23Cl2F2N3O2/c1-15-12-19(27(30,31)32)13-21-16(2)33-35(25(15)21)14-22-23(28)7-6-20(24(22)29)26(36)34-10-8-18(9-11-34)17-4-3-5-17;1-14-10-18(26(29,30)31)12-20-16(3)34(32-24(14)20)13-21-22(27)5-4-19(23(21)28)25(36)33-8-6-17(7-9-33)11-15(2)35;1-14-10-18(26(29,30)31)12-20-16(3)32-34(24(14)20)13-21-22(27)5-4-19(23(21)28)25(36)33-8-6-17(7-9-33)11-15(2)35;1-13-10-15(23(3,26)27)11-17-14(2)30(28-21(13)17)12-18-19(24)5-4-16(20(18)25)22(31)29-6-8-32-9-7-29/h6-7,12-13,17-18H,3-5,8-11,14H2,1-2H3;2*4-5,10,12,17H,6-9,11,13H2,1-3H3;4-5,10-11H,6-9,12H2,1-3H3. The zero-order chi connectivity index (χ0) is 102. The lowest BCUT2D eigenvalue weighted by Gasteiger charge is -2.40. The van der Waals surface area contributed by atoms with Crippen molar-refractivity contribution < 1.29 is 81.8 Å². The van der Waals surface area contributed by atoms with Crippen LogP contribution in [0.3, 0.4) is 0 Å². The minimum atomic E-state index is -4.46. The van der Waals surface area contributed by atoms with E-state index in [0.29, 0.717) is 224 Å². The molecule has 140 heavy (non-hydrogen) atoms. The van der Waals surface area contributed by atoms with E-state index in [0.717, 1.165) is 101 Å². The van der Waals surface area contributed by atoms with E-state index in [1.54, 1.807) is 144 Å². The highest BCUT2D eigenvalue weighted by atomic mass is 35.5. The average Bonchev–Trinajstić information content (AvgIpc) is 1.63. The Morgan fingerprint density at radius 1 is 0.350 bits per heavy atom. The third-order valence-corrected chi connectivity index (χ3v) is 30.5. The second-order valence-corrected chi connectivity index (χ2v) is 40.3. The van der Waals surface area contributed by atoms with Crippen molar-refractivity contribution in [2.24, 2.45) is 23.7 Å². The molecule has 38 heteroatoms. The van der Waals surface area contributed by atoms with Gasteiger partial charge in [-0.15, -0.1) is 0 Å². The zero-order valence-electron chi connectivity index (χ0n) is 78.6. The molecule has 0 N–H and O–H groups in total. The van der Waals surface area contributed by atoms with Crippen LogP contribution >= 0.6 is 92.8 Å². The van der Waals surface area contributed by atoms with E-state index in [4.69, 9.17) is 97.5 Å². The van der Waals surface area contributed by atoms with Gasteiger partial charge in [0.15, 0.2) is 0 Å². The fraction of sp³-hybridized carbons (Fsp3) is 0.431. The summed E-state index contributed by atoms with van der Waals surface area (Å²) in [6.45, 7) is 23.6. The van der Waals surface area contributed by atoms with E-state index in [-0.39, 0.29) is 98.9 Å². The molecular formula is C102H103Cl8F11N12O7. The van der Waals surface area contributed by atoms with Crippen LogP contribution in [0.2, 0.25) is 40.2 Å². The summed E-state index contributed by atoms with van der Waals surface area (Å²) in [5.74, 6) is -1.30. The van der Waals surface area contributed by atoms with Crippen LogP contribution < -0.4 is 0 Å². The third-order valence-electron chi connectivity index (χ3n) is 27.3. The Labute approximate surface area is 842 Å². The van der Waals surface area contributed by atoms with Gasteiger partial charge in [0.2, 0.25) is 0 Å². The Morgan fingerprint density at radius 2 is 0.629 bits per heavy atom. The number of ether oxygens (including phenoxy) is 1. The van der Waals surface area contributed by atoms with Crippen LogP contribution in [0.25, 0.3) is 43.6 Å². The number of rotatable bonds is 18. The molecular weight excluding hydrogens is 2000 g/mol. The molecule has 746 valence electrons. The normalized spacial score (nSPS) is 15.7. The molecule has 1 aliphatic carbocycles. The SMILES string of the molecule is CC(=O)CC1CCN(C(=O)c2ccc(Cl)c(Cn3nc(C)c4cc(C(F)(F)F)cc(C)c43)c2Cl)CC1.CC(=O)CC1CCN(C(=O)c2ccc(Cl)c(Cn3nc4c(C)cc(C(F)(F)F)cc4c3C)c2Cl)CC1.Cc1cc(C(C)(F)F)cc2c(C)n(Cc3c(Cl)ccc(C(=O)N4CCOCC4)c3Cl)nc12.Cc1nn(Cc2c(Cl)ccc(C(=O)N3CCC(C4CCC4)CC3)c2Cl)c2c(C)cc(C(F)(F)F)cc12. The molecule has 4 amide bonds. The van der Waals surface area contributed by atoms with E-state index in [2.05, 4.69) is 20.4 Å². The number of aryl methyl sites for hydroxylation is 8. The number of fused-ring (bicyclic) bond motifs is 4. The van der Waals surface area contributed by atoms with Crippen molar-refractivity contribution in [2.75, 3.05) is 65.6 Å². The number of ketones is 2. The molecule has 8 heterocycles. The molecule has 0 spiro atoms. The summed E-state index contributed by atoms with van der Waals surface area (Å²) in [6.07, 6.45) is -3.34. The molecule has 19 nitrogen and oxygen atoms in total. The molecule has 0 unspecified atom stereocenters. The molecule has 1 saturated carbocycles. The minimum Gasteiger partial charge on any atom is -0.378 e. The van der Waals surface area contributed by atoms with Crippen LogP contribution in [0.15, 0.2) is 97.1 Å². The predicted octanol–water partition coefficient (Wildman–Crippen LogP) is 27.0. The molecule has 4 aliphatic heterocycles. The number of nitrogens with zero attached hydrogens (tertiary/aromatic N) is 12. The summed E-state index contributed by atoms with van der Waals surface area (Å²) in [7, 11) is 0. The molecule has 4 saturated heterocycles. The number of carbonyl (C=O) groups excluding carboxylic acids is 6. The van der Waals surface area contributed by atoms with E-state index < -0.39 is 41.1 Å². The van der Waals surface area contributed by atoms with Crippen molar-refractivity contribution in [3.05, 3.63) is 249 Å². The maximum atomic E-state index is 13.9. The highest BCUT2D eigenvalue weighted by Gasteiger charge is 2.39. The number of hydrogen-bond acceptors (Lipinski definition) is 11.